The molecule has 0 radical (unpaired) electrons. The fraction of sp³-hybridized carbons (Fsp3) is 0.571. The number of nitrogens with zero attached hydrogens (tertiary/aromatic N) is 3. The third-order valence-electron chi connectivity index (χ3n) is 3.47. The molecule has 0 fully saturated rings. The lowest BCUT2D eigenvalue weighted by molar-refractivity contribution is 0.514. The van der Waals surface area contributed by atoms with Crippen molar-refractivity contribution in [3.63, 3.8) is 0 Å². The summed E-state index contributed by atoms with van der Waals surface area (Å²) in [6.45, 7) is 4.97. The third-order valence-corrected chi connectivity index (χ3v) is 3.47. The monoisotopic (exact) mass is 260 g/mol. The first kappa shape index (κ1) is 12.4. The zero-order valence-electron chi connectivity index (χ0n) is 11.5. The van der Waals surface area contributed by atoms with Crippen LogP contribution in [0.1, 0.15) is 43.8 Å². The van der Waals surface area contributed by atoms with Crippen molar-refractivity contribution >= 4 is 0 Å². The molecular weight excluding hydrogens is 240 g/mol. The number of aromatic nitrogens is 3. The second-order valence-corrected chi connectivity index (χ2v) is 5.37. The highest BCUT2D eigenvalue weighted by molar-refractivity contribution is 5.24. The third kappa shape index (κ3) is 2.56. The first-order chi connectivity index (χ1) is 9.24. The molecule has 1 N–H and O–H groups in total. The number of hydrogen-bond acceptors (Lipinski definition) is 4. The van der Waals surface area contributed by atoms with E-state index in [-0.39, 0.29) is 0 Å². The standard InChI is InChI=1S/C14H20N4O/c1-10(2)15-7-11-8-19-14(17-11)18-9-16-12-5-3-4-6-13(12)18/h8-10,15H,3-7H2,1-2H3. The fourth-order valence-corrected chi connectivity index (χ4v) is 2.43. The van der Waals surface area contributed by atoms with Gasteiger partial charge in [0.2, 0.25) is 0 Å². The predicted molar refractivity (Wildman–Crippen MR) is 72.2 cm³/mol. The summed E-state index contributed by atoms with van der Waals surface area (Å²) in [5, 5.41) is 3.34. The topological polar surface area (TPSA) is 55.9 Å². The number of hydrogen-bond donors (Lipinski definition) is 1. The van der Waals surface area contributed by atoms with Crippen molar-refractivity contribution in [3.8, 4) is 6.01 Å². The van der Waals surface area contributed by atoms with Gasteiger partial charge in [0.25, 0.3) is 0 Å². The van der Waals surface area contributed by atoms with E-state index in [1.807, 2.05) is 10.9 Å². The molecule has 1 aliphatic rings. The van der Waals surface area contributed by atoms with Crippen LogP contribution in [0.3, 0.4) is 0 Å². The van der Waals surface area contributed by atoms with Gasteiger partial charge in [-0.15, -0.1) is 0 Å². The maximum atomic E-state index is 5.58. The summed E-state index contributed by atoms with van der Waals surface area (Å²) >= 11 is 0. The first-order valence-corrected chi connectivity index (χ1v) is 6.97. The van der Waals surface area contributed by atoms with Gasteiger partial charge in [-0.3, -0.25) is 4.57 Å². The number of rotatable bonds is 4. The molecule has 19 heavy (non-hydrogen) atoms. The van der Waals surface area contributed by atoms with Crippen LogP contribution in [0.25, 0.3) is 6.01 Å². The Morgan fingerprint density at radius 3 is 3.05 bits per heavy atom. The zero-order chi connectivity index (χ0) is 13.2. The van der Waals surface area contributed by atoms with Crippen molar-refractivity contribution in [2.24, 2.45) is 0 Å². The van der Waals surface area contributed by atoms with Gasteiger partial charge in [-0.2, -0.15) is 4.98 Å². The number of nitrogens with one attached hydrogen (secondary N) is 1. The highest BCUT2D eigenvalue weighted by Crippen LogP contribution is 2.22. The van der Waals surface area contributed by atoms with Crippen LogP contribution in [0.4, 0.5) is 0 Å². The van der Waals surface area contributed by atoms with Gasteiger partial charge in [-0.05, 0) is 25.7 Å². The summed E-state index contributed by atoms with van der Waals surface area (Å²) in [7, 11) is 0. The second kappa shape index (κ2) is 5.17. The van der Waals surface area contributed by atoms with E-state index in [2.05, 4.69) is 29.1 Å². The Morgan fingerprint density at radius 2 is 2.21 bits per heavy atom. The summed E-state index contributed by atoms with van der Waals surface area (Å²) in [6.07, 6.45) is 8.16. The fourth-order valence-electron chi connectivity index (χ4n) is 2.43. The molecule has 2 aromatic rings. The molecule has 5 nitrogen and oxygen atoms in total. The highest BCUT2D eigenvalue weighted by atomic mass is 16.4. The summed E-state index contributed by atoms with van der Waals surface area (Å²) < 4.78 is 7.57. The van der Waals surface area contributed by atoms with Gasteiger partial charge in [-0.1, -0.05) is 13.8 Å². The number of oxazole rings is 1. The smallest absolute Gasteiger partial charge is 0.307 e. The Morgan fingerprint density at radius 1 is 1.37 bits per heavy atom. The van der Waals surface area contributed by atoms with Gasteiger partial charge in [0.1, 0.15) is 12.6 Å². The molecule has 1 aliphatic carbocycles. The van der Waals surface area contributed by atoms with E-state index in [0.717, 1.165) is 25.1 Å². The summed E-state index contributed by atoms with van der Waals surface area (Å²) in [4.78, 5) is 8.99. The quantitative estimate of drug-likeness (QED) is 0.916. The molecule has 0 aromatic carbocycles. The second-order valence-electron chi connectivity index (χ2n) is 5.37. The molecule has 2 aromatic heterocycles. The Labute approximate surface area is 113 Å². The molecule has 0 amide bonds. The van der Waals surface area contributed by atoms with Crippen LogP contribution < -0.4 is 5.32 Å². The van der Waals surface area contributed by atoms with Crippen LogP contribution in [0.15, 0.2) is 17.0 Å². The minimum absolute atomic E-state index is 0.446. The average molecular weight is 260 g/mol. The molecule has 3 rings (SSSR count). The van der Waals surface area contributed by atoms with E-state index in [1.54, 1.807) is 6.26 Å². The molecule has 0 saturated heterocycles. The Balaban J connectivity index is 1.80. The van der Waals surface area contributed by atoms with Gasteiger partial charge in [0, 0.05) is 12.6 Å². The molecule has 0 atom stereocenters. The van der Waals surface area contributed by atoms with E-state index >= 15 is 0 Å². The Hall–Kier alpha value is -1.62. The normalized spacial score (nSPS) is 14.9. The SMILES string of the molecule is CC(C)NCc1coc(-n2cnc3c2CCCC3)n1. The van der Waals surface area contributed by atoms with E-state index in [9.17, 15) is 0 Å². The van der Waals surface area contributed by atoms with Crippen molar-refractivity contribution in [2.75, 3.05) is 0 Å². The van der Waals surface area contributed by atoms with Gasteiger partial charge >= 0.3 is 6.01 Å². The molecular formula is C14H20N4O. The van der Waals surface area contributed by atoms with Crippen molar-refractivity contribution in [1.82, 2.24) is 19.9 Å². The number of imidazole rings is 1. The Bertz CT molecular complexity index is 556. The van der Waals surface area contributed by atoms with E-state index in [4.69, 9.17) is 4.42 Å². The minimum Gasteiger partial charge on any atom is -0.431 e. The van der Waals surface area contributed by atoms with Crippen LogP contribution in [-0.2, 0) is 19.4 Å². The van der Waals surface area contributed by atoms with Gasteiger partial charge < -0.3 is 9.73 Å². The van der Waals surface area contributed by atoms with Crippen LogP contribution in [-0.4, -0.2) is 20.6 Å². The molecule has 2 heterocycles. The molecule has 0 spiro atoms. The number of fused-ring (bicyclic) bond motifs is 1. The van der Waals surface area contributed by atoms with Crippen molar-refractivity contribution in [1.29, 1.82) is 0 Å². The van der Waals surface area contributed by atoms with Crippen molar-refractivity contribution in [3.05, 3.63) is 29.7 Å². The van der Waals surface area contributed by atoms with Gasteiger partial charge in [-0.25, -0.2) is 4.98 Å². The highest BCUT2D eigenvalue weighted by Gasteiger charge is 2.18. The summed E-state index contributed by atoms with van der Waals surface area (Å²) in [6, 6.07) is 1.08. The maximum absolute atomic E-state index is 5.58. The van der Waals surface area contributed by atoms with Gasteiger partial charge in [0.15, 0.2) is 0 Å². The lowest BCUT2D eigenvalue weighted by Crippen LogP contribution is -2.22. The average Bonchev–Trinajstić information content (AvgIpc) is 3.02. The lowest BCUT2D eigenvalue weighted by atomic mass is 10.0. The molecule has 0 saturated carbocycles. The largest absolute Gasteiger partial charge is 0.431 e. The summed E-state index contributed by atoms with van der Waals surface area (Å²) in [5.74, 6) is 0. The van der Waals surface area contributed by atoms with Crippen molar-refractivity contribution < 1.29 is 4.42 Å². The van der Waals surface area contributed by atoms with E-state index in [1.165, 1.54) is 24.2 Å². The predicted octanol–water partition coefficient (Wildman–Crippen LogP) is 2.24. The van der Waals surface area contributed by atoms with Crippen LogP contribution >= 0.6 is 0 Å². The first-order valence-electron chi connectivity index (χ1n) is 6.97. The molecule has 0 unspecified atom stereocenters. The van der Waals surface area contributed by atoms with Crippen LogP contribution in [0, 0.1) is 0 Å². The van der Waals surface area contributed by atoms with Crippen LogP contribution in [0.2, 0.25) is 0 Å². The summed E-state index contributed by atoms with van der Waals surface area (Å²) in [5.41, 5.74) is 3.39. The Kier molecular flexibility index (Phi) is 3.38. The molecule has 102 valence electrons. The van der Waals surface area contributed by atoms with Crippen LogP contribution in [0.5, 0.6) is 0 Å². The minimum atomic E-state index is 0.446. The van der Waals surface area contributed by atoms with Gasteiger partial charge in [0.05, 0.1) is 17.1 Å². The lowest BCUT2D eigenvalue weighted by Gasteiger charge is -2.11. The molecule has 0 bridgehead atoms. The van der Waals surface area contributed by atoms with Crippen molar-refractivity contribution in [2.45, 2.75) is 52.1 Å². The number of aryl methyl sites for hydroxylation is 1. The molecule has 5 heteroatoms. The maximum Gasteiger partial charge on any atom is 0.307 e. The zero-order valence-corrected chi connectivity index (χ0v) is 11.5. The van der Waals surface area contributed by atoms with E-state index in [0.29, 0.717) is 12.1 Å². The molecule has 0 aliphatic heterocycles. The van der Waals surface area contributed by atoms with E-state index < -0.39 is 0 Å².